The SMILES string of the molecule is COc1cc2[nH]c(=O)sc2cc1OC. The molecule has 1 aromatic heterocycles. The van der Waals surface area contributed by atoms with Crippen LogP contribution in [0.5, 0.6) is 11.5 Å². The van der Waals surface area contributed by atoms with E-state index in [0.29, 0.717) is 11.5 Å². The number of H-pyrrole nitrogens is 1. The van der Waals surface area contributed by atoms with Crippen LogP contribution < -0.4 is 14.3 Å². The third-order valence-corrected chi connectivity index (χ3v) is 2.77. The van der Waals surface area contributed by atoms with Gasteiger partial charge in [0.05, 0.1) is 24.4 Å². The molecule has 14 heavy (non-hydrogen) atoms. The van der Waals surface area contributed by atoms with Crippen molar-refractivity contribution in [1.82, 2.24) is 4.98 Å². The maximum Gasteiger partial charge on any atom is 0.305 e. The molecule has 4 nitrogen and oxygen atoms in total. The fourth-order valence-corrected chi connectivity index (χ4v) is 2.02. The molecule has 1 aromatic carbocycles. The minimum Gasteiger partial charge on any atom is -0.493 e. The van der Waals surface area contributed by atoms with E-state index < -0.39 is 0 Å². The van der Waals surface area contributed by atoms with E-state index in [9.17, 15) is 4.79 Å². The number of aromatic nitrogens is 1. The fourth-order valence-electron chi connectivity index (χ4n) is 1.28. The summed E-state index contributed by atoms with van der Waals surface area (Å²) in [6.07, 6.45) is 0. The summed E-state index contributed by atoms with van der Waals surface area (Å²) in [6, 6.07) is 3.54. The van der Waals surface area contributed by atoms with Crippen LogP contribution in [0.2, 0.25) is 0 Å². The van der Waals surface area contributed by atoms with Gasteiger partial charge in [-0.3, -0.25) is 4.79 Å². The van der Waals surface area contributed by atoms with Gasteiger partial charge in [0.2, 0.25) is 0 Å². The smallest absolute Gasteiger partial charge is 0.305 e. The lowest BCUT2D eigenvalue weighted by molar-refractivity contribution is 0.356. The maximum absolute atomic E-state index is 11.1. The zero-order valence-electron chi connectivity index (χ0n) is 7.79. The molecule has 0 aliphatic rings. The van der Waals surface area contributed by atoms with Crippen LogP contribution in [-0.4, -0.2) is 19.2 Å². The molecular formula is C9H9NO3S. The molecule has 0 bridgehead atoms. The first-order valence-corrected chi connectivity index (χ1v) is 4.81. The molecule has 0 saturated heterocycles. The molecule has 1 N–H and O–H groups in total. The summed E-state index contributed by atoms with van der Waals surface area (Å²) in [4.78, 5) is 13.7. The molecule has 74 valence electrons. The van der Waals surface area contributed by atoms with Gasteiger partial charge in [-0.05, 0) is 0 Å². The van der Waals surface area contributed by atoms with Gasteiger partial charge < -0.3 is 14.5 Å². The van der Waals surface area contributed by atoms with E-state index in [0.717, 1.165) is 21.6 Å². The fraction of sp³-hybridized carbons (Fsp3) is 0.222. The highest BCUT2D eigenvalue weighted by atomic mass is 32.1. The summed E-state index contributed by atoms with van der Waals surface area (Å²) >= 11 is 1.15. The first-order chi connectivity index (χ1) is 6.74. The van der Waals surface area contributed by atoms with Gasteiger partial charge in [0, 0.05) is 12.1 Å². The van der Waals surface area contributed by atoms with Gasteiger partial charge in [-0.1, -0.05) is 11.3 Å². The van der Waals surface area contributed by atoms with Gasteiger partial charge in [0.15, 0.2) is 11.5 Å². The van der Waals surface area contributed by atoms with Gasteiger partial charge in [-0.2, -0.15) is 0 Å². The molecule has 0 amide bonds. The Bertz CT molecular complexity index is 470. The van der Waals surface area contributed by atoms with E-state index in [1.165, 1.54) is 0 Å². The van der Waals surface area contributed by atoms with E-state index in [-0.39, 0.29) is 4.87 Å². The number of benzene rings is 1. The first-order valence-electron chi connectivity index (χ1n) is 3.99. The Labute approximate surface area is 84.1 Å². The van der Waals surface area contributed by atoms with Crippen molar-refractivity contribution in [3.05, 3.63) is 21.8 Å². The summed E-state index contributed by atoms with van der Waals surface area (Å²) in [6.45, 7) is 0. The van der Waals surface area contributed by atoms with Crippen LogP contribution in [0.1, 0.15) is 0 Å². The normalized spacial score (nSPS) is 10.4. The maximum atomic E-state index is 11.1. The highest BCUT2D eigenvalue weighted by Crippen LogP contribution is 2.31. The van der Waals surface area contributed by atoms with Crippen molar-refractivity contribution in [1.29, 1.82) is 0 Å². The summed E-state index contributed by atoms with van der Waals surface area (Å²) < 4.78 is 11.1. The van der Waals surface area contributed by atoms with E-state index >= 15 is 0 Å². The number of fused-ring (bicyclic) bond motifs is 1. The summed E-state index contributed by atoms with van der Waals surface area (Å²) in [5, 5.41) is 0. The van der Waals surface area contributed by atoms with E-state index in [1.54, 1.807) is 26.4 Å². The Morgan fingerprint density at radius 2 is 1.86 bits per heavy atom. The van der Waals surface area contributed by atoms with Crippen molar-refractivity contribution >= 4 is 21.6 Å². The van der Waals surface area contributed by atoms with Crippen molar-refractivity contribution in [2.45, 2.75) is 0 Å². The molecule has 0 aliphatic heterocycles. The summed E-state index contributed by atoms with van der Waals surface area (Å²) in [7, 11) is 3.13. The molecule has 0 spiro atoms. The first kappa shape index (κ1) is 9.08. The van der Waals surface area contributed by atoms with Crippen molar-refractivity contribution < 1.29 is 9.47 Å². The Hall–Kier alpha value is -1.49. The Morgan fingerprint density at radius 3 is 2.50 bits per heavy atom. The van der Waals surface area contributed by atoms with Crippen LogP contribution in [0.25, 0.3) is 10.2 Å². The van der Waals surface area contributed by atoms with Crippen LogP contribution in [-0.2, 0) is 0 Å². The highest BCUT2D eigenvalue weighted by Gasteiger charge is 2.07. The minimum absolute atomic E-state index is 0.0738. The lowest BCUT2D eigenvalue weighted by atomic mass is 10.3. The van der Waals surface area contributed by atoms with Gasteiger partial charge in [0.1, 0.15) is 0 Å². The Kier molecular flexibility index (Phi) is 2.17. The number of hydrogen-bond acceptors (Lipinski definition) is 4. The zero-order chi connectivity index (χ0) is 10.1. The zero-order valence-corrected chi connectivity index (χ0v) is 8.60. The predicted octanol–water partition coefficient (Wildman–Crippen LogP) is 1.61. The number of nitrogens with one attached hydrogen (secondary N) is 1. The minimum atomic E-state index is -0.0738. The Morgan fingerprint density at radius 1 is 1.21 bits per heavy atom. The molecule has 2 rings (SSSR count). The van der Waals surface area contributed by atoms with Crippen LogP contribution >= 0.6 is 11.3 Å². The standard InChI is InChI=1S/C9H9NO3S/c1-12-6-3-5-8(4-7(6)13-2)14-9(11)10-5/h3-4H,1-2H3,(H,10,11). The molecule has 2 aromatic rings. The predicted molar refractivity (Wildman–Crippen MR) is 55.5 cm³/mol. The second-order valence-electron chi connectivity index (χ2n) is 2.72. The average molecular weight is 211 g/mol. The Balaban J connectivity index is 2.74. The van der Waals surface area contributed by atoms with Gasteiger partial charge in [-0.25, -0.2) is 0 Å². The average Bonchev–Trinajstić information content (AvgIpc) is 2.54. The van der Waals surface area contributed by atoms with Gasteiger partial charge in [0.25, 0.3) is 0 Å². The molecule has 5 heteroatoms. The molecular weight excluding hydrogens is 202 g/mol. The topological polar surface area (TPSA) is 51.3 Å². The summed E-state index contributed by atoms with van der Waals surface area (Å²) in [5.74, 6) is 1.25. The lowest BCUT2D eigenvalue weighted by Crippen LogP contribution is -1.91. The van der Waals surface area contributed by atoms with Crippen molar-refractivity contribution in [2.24, 2.45) is 0 Å². The van der Waals surface area contributed by atoms with Crippen molar-refractivity contribution in [3.63, 3.8) is 0 Å². The number of rotatable bonds is 2. The second-order valence-corrected chi connectivity index (χ2v) is 3.73. The number of methoxy groups -OCH3 is 2. The quantitative estimate of drug-likeness (QED) is 0.821. The summed E-state index contributed by atoms with van der Waals surface area (Å²) in [5.41, 5.74) is 0.776. The molecule has 1 heterocycles. The van der Waals surface area contributed by atoms with Gasteiger partial charge >= 0.3 is 4.87 Å². The van der Waals surface area contributed by atoms with Crippen LogP contribution in [0, 0.1) is 0 Å². The number of ether oxygens (including phenoxy) is 2. The van der Waals surface area contributed by atoms with Gasteiger partial charge in [-0.15, -0.1) is 0 Å². The van der Waals surface area contributed by atoms with E-state index in [1.807, 2.05) is 0 Å². The second kappa shape index (κ2) is 3.34. The van der Waals surface area contributed by atoms with Crippen molar-refractivity contribution in [2.75, 3.05) is 14.2 Å². The largest absolute Gasteiger partial charge is 0.493 e. The molecule has 0 unspecified atom stereocenters. The molecule has 0 aliphatic carbocycles. The van der Waals surface area contributed by atoms with Crippen LogP contribution in [0.4, 0.5) is 0 Å². The number of hydrogen-bond donors (Lipinski definition) is 1. The monoisotopic (exact) mass is 211 g/mol. The van der Waals surface area contributed by atoms with E-state index in [4.69, 9.17) is 9.47 Å². The van der Waals surface area contributed by atoms with Crippen molar-refractivity contribution in [3.8, 4) is 11.5 Å². The third kappa shape index (κ3) is 1.35. The lowest BCUT2D eigenvalue weighted by Gasteiger charge is -2.06. The third-order valence-electron chi connectivity index (χ3n) is 1.93. The number of aromatic amines is 1. The molecule has 0 fully saturated rings. The van der Waals surface area contributed by atoms with E-state index in [2.05, 4.69) is 4.98 Å². The van der Waals surface area contributed by atoms with Crippen LogP contribution in [0.3, 0.4) is 0 Å². The molecule has 0 radical (unpaired) electrons. The molecule has 0 atom stereocenters. The highest BCUT2D eigenvalue weighted by molar-refractivity contribution is 7.16. The van der Waals surface area contributed by atoms with Crippen LogP contribution in [0.15, 0.2) is 16.9 Å². The molecule has 0 saturated carbocycles. The number of thiazole rings is 1.